The van der Waals surface area contributed by atoms with Gasteiger partial charge in [0.1, 0.15) is 35.3 Å². The molecule has 2 aromatic heterocycles. The summed E-state index contributed by atoms with van der Waals surface area (Å²) in [6.07, 6.45) is 10.7. The van der Waals surface area contributed by atoms with Crippen LogP contribution < -0.4 is 15.4 Å². The van der Waals surface area contributed by atoms with Crippen LogP contribution in [0.25, 0.3) is 11.4 Å². The Hall–Kier alpha value is -4.99. The third kappa shape index (κ3) is 6.71. The molecule has 5 rings (SSSR count). The Balaban J connectivity index is 1.21. The van der Waals surface area contributed by atoms with E-state index in [4.69, 9.17) is 18.9 Å². The molecule has 40 heavy (non-hydrogen) atoms. The second kappa shape index (κ2) is 11.4. The average Bonchev–Trinajstić information content (AvgIpc) is 3.35. The highest BCUT2D eigenvalue weighted by molar-refractivity contribution is 5.68. The molecule has 2 N–H and O–H groups in total. The van der Waals surface area contributed by atoms with Crippen LogP contribution in [-0.4, -0.2) is 32.8 Å². The molecule has 0 radical (unpaired) electrons. The molecule has 0 saturated carbocycles. The molecule has 3 aromatic rings. The zero-order chi connectivity index (χ0) is 28.1. The van der Waals surface area contributed by atoms with Crippen molar-refractivity contribution in [3.05, 3.63) is 103 Å². The molecule has 1 aromatic carbocycles. The number of hydrogen-bond acceptors (Lipinski definition) is 8. The molecule has 0 saturated heterocycles. The van der Waals surface area contributed by atoms with Crippen molar-refractivity contribution in [3.8, 4) is 5.75 Å². The highest BCUT2D eigenvalue weighted by Crippen LogP contribution is 2.31. The Bertz CT molecular complexity index is 1540. The number of aromatic nitrogens is 3. The van der Waals surface area contributed by atoms with Gasteiger partial charge in [-0.15, -0.1) is 5.10 Å². The van der Waals surface area contributed by atoms with Crippen molar-refractivity contribution in [2.24, 2.45) is 0 Å². The minimum absolute atomic E-state index is 0.125. The lowest BCUT2D eigenvalue weighted by molar-refractivity contribution is 0.0528. The fourth-order valence-corrected chi connectivity index (χ4v) is 3.95. The SMILES string of the molecule is C=C(CNC(=O)OC(C)(C)C)Oc1ccc(Nc2nc3cccc(C4=COC=C(C5=CC=CCC5)O4)n3n2)cc1. The van der Waals surface area contributed by atoms with Crippen LogP contribution in [0.1, 0.15) is 39.3 Å². The summed E-state index contributed by atoms with van der Waals surface area (Å²) in [5.74, 6) is 2.58. The highest BCUT2D eigenvalue weighted by atomic mass is 16.6. The minimum atomic E-state index is -0.576. The van der Waals surface area contributed by atoms with Crippen LogP contribution in [0.4, 0.5) is 16.4 Å². The second-order valence-corrected chi connectivity index (χ2v) is 10.1. The van der Waals surface area contributed by atoms with Crippen molar-refractivity contribution in [1.82, 2.24) is 19.9 Å². The summed E-state index contributed by atoms with van der Waals surface area (Å²) >= 11 is 0. The molecule has 0 bridgehead atoms. The fourth-order valence-electron chi connectivity index (χ4n) is 3.95. The van der Waals surface area contributed by atoms with Gasteiger partial charge < -0.3 is 29.6 Å². The molecule has 0 fully saturated rings. The maximum absolute atomic E-state index is 11.8. The molecule has 0 spiro atoms. The van der Waals surface area contributed by atoms with E-state index in [1.165, 1.54) is 0 Å². The number of carbonyl (C=O) groups excluding carboxylic acids is 1. The molecular weight excluding hydrogens is 510 g/mol. The van der Waals surface area contributed by atoms with E-state index in [0.29, 0.717) is 40.3 Å². The van der Waals surface area contributed by atoms with Gasteiger partial charge in [-0.2, -0.15) is 4.98 Å². The number of allylic oxidation sites excluding steroid dienone is 4. The Morgan fingerprint density at radius 3 is 2.67 bits per heavy atom. The third-order valence-electron chi connectivity index (χ3n) is 5.71. The van der Waals surface area contributed by atoms with E-state index in [1.54, 1.807) is 49.9 Å². The predicted octanol–water partition coefficient (Wildman–Crippen LogP) is 6.35. The van der Waals surface area contributed by atoms with E-state index in [1.807, 2.05) is 42.5 Å². The first-order valence-electron chi connectivity index (χ1n) is 12.9. The van der Waals surface area contributed by atoms with E-state index in [-0.39, 0.29) is 6.54 Å². The van der Waals surface area contributed by atoms with Crippen LogP contribution in [-0.2, 0) is 14.2 Å². The standard InChI is InChI=1S/C30H31N5O5/c1-20(17-31-29(36)40-30(2,3)4)38-23-15-13-22(14-16-23)32-28-33-27-12-8-11-24(35(27)34-28)26-19-37-18-25(39-26)21-9-6-5-7-10-21/h5-6,8-9,11-16,18-19H,1,7,10,17H2,2-4H3,(H,31,36)(H,32,34). The van der Waals surface area contributed by atoms with Crippen molar-refractivity contribution in [1.29, 1.82) is 0 Å². The number of carbonyl (C=O) groups is 1. The molecule has 10 heteroatoms. The Morgan fingerprint density at radius 2 is 1.93 bits per heavy atom. The summed E-state index contributed by atoms with van der Waals surface area (Å²) in [5, 5.41) is 10.5. The molecule has 206 valence electrons. The van der Waals surface area contributed by atoms with Crippen molar-refractivity contribution in [3.63, 3.8) is 0 Å². The van der Waals surface area contributed by atoms with E-state index >= 15 is 0 Å². The van der Waals surface area contributed by atoms with E-state index in [0.717, 1.165) is 24.1 Å². The molecule has 3 heterocycles. The first-order valence-corrected chi connectivity index (χ1v) is 12.9. The van der Waals surface area contributed by atoms with Gasteiger partial charge in [0.15, 0.2) is 17.2 Å². The number of rotatable bonds is 8. The lowest BCUT2D eigenvalue weighted by Crippen LogP contribution is -2.34. The van der Waals surface area contributed by atoms with Crippen LogP contribution in [0.3, 0.4) is 0 Å². The molecule has 10 nitrogen and oxygen atoms in total. The monoisotopic (exact) mass is 541 g/mol. The molecule has 0 unspecified atom stereocenters. The average molecular weight is 542 g/mol. The number of amides is 1. The van der Waals surface area contributed by atoms with Crippen LogP contribution >= 0.6 is 0 Å². The van der Waals surface area contributed by atoms with Gasteiger partial charge in [0.05, 0.1) is 6.54 Å². The van der Waals surface area contributed by atoms with E-state index in [9.17, 15) is 4.79 Å². The summed E-state index contributed by atoms with van der Waals surface area (Å²) in [5.41, 5.74) is 2.62. The molecule has 1 amide bonds. The molecule has 1 aliphatic carbocycles. The zero-order valence-electron chi connectivity index (χ0n) is 22.6. The summed E-state index contributed by atoms with van der Waals surface area (Å²) in [7, 11) is 0. The maximum atomic E-state index is 11.8. The quantitative estimate of drug-likeness (QED) is 0.318. The topological polar surface area (TPSA) is 108 Å². The van der Waals surface area contributed by atoms with Gasteiger partial charge in [-0.05, 0) is 75.6 Å². The molecule has 1 aliphatic heterocycles. The fraction of sp³-hybridized carbons (Fsp3) is 0.233. The Morgan fingerprint density at radius 1 is 1.12 bits per heavy atom. The zero-order valence-corrected chi connectivity index (χ0v) is 22.6. The van der Waals surface area contributed by atoms with Gasteiger partial charge in [0, 0.05) is 5.69 Å². The number of nitrogens with zero attached hydrogens (tertiary/aromatic N) is 3. The van der Waals surface area contributed by atoms with Crippen molar-refractivity contribution in [2.45, 2.75) is 39.2 Å². The van der Waals surface area contributed by atoms with Gasteiger partial charge in [0.25, 0.3) is 0 Å². The van der Waals surface area contributed by atoms with Crippen molar-refractivity contribution < 1.29 is 23.7 Å². The predicted molar refractivity (Wildman–Crippen MR) is 151 cm³/mol. The highest BCUT2D eigenvalue weighted by Gasteiger charge is 2.20. The first kappa shape index (κ1) is 26.6. The van der Waals surface area contributed by atoms with Gasteiger partial charge in [-0.3, -0.25) is 0 Å². The Labute approximate surface area is 232 Å². The number of ether oxygens (including phenoxy) is 4. The smallest absolute Gasteiger partial charge is 0.408 e. The van der Waals surface area contributed by atoms with Crippen LogP contribution in [0, 0.1) is 0 Å². The normalized spacial score (nSPS) is 14.7. The number of hydrogen-bond donors (Lipinski definition) is 2. The Kier molecular flexibility index (Phi) is 7.59. The van der Waals surface area contributed by atoms with Crippen molar-refractivity contribution >= 4 is 29.1 Å². The number of anilines is 2. The van der Waals surface area contributed by atoms with Gasteiger partial charge in [-0.25, -0.2) is 9.31 Å². The second-order valence-electron chi connectivity index (χ2n) is 10.1. The summed E-state index contributed by atoms with van der Waals surface area (Å²) in [6, 6.07) is 12.9. The maximum Gasteiger partial charge on any atom is 0.408 e. The number of alkyl carbamates (subject to hydrolysis) is 1. The summed E-state index contributed by atoms with van der Waals surface area (Å²) in [4.78, 5) is 16.4. The largest absolute Gasteiger partial charge is 0.465 e. The number of benzene rings is 1. The lowest BCUT2D eigenvalue weighted by atomic mass is 10.0. The number of fused-ring (bicyclic) bond motifs is 1. The van der Waals surface area contributed by atoms with Gasteiger partial charge >= 0.3 is 6.09 Å². The van der Waals surface area contributed by atoms with Crippen LogP contribution in [0.2, 0.25) is 0 Å². The lowest BCUT2D eigenvalue weighted by Gasteiger charge is -2.20. The summed E-state index contributed by atoms with van der Waals surface area (Å²) in [6.45, 7) is 9.37. The molecule has 0 atom stereocenters. The van der Waals surface area contributed by atoms with Crippen LogP contribution in [0.15, 0.2) is 96.9 Å². The molecular formula is C30H31N5O5. The number of pyridine rings is 1. The minimum Gasteiger partial charge on any atom is -0.465 e. The van der Waals surface area contributed by atoms with Gasteiger partial charge in [0.2, 0.25) is 5.95 Å². The number of nitrogens with one attached hydrogen (secondary N) is 2. The van der Waals surface area contributed by atoms with Gasteiger partial charge in [-0.1, -0.05) is 30.9 Å². The van der Waals surface area contributed by atoms with E-state index < -0.39 is 11.7 Å². The summed E-state index contributed by atoms with van der Waals surface area (Å²) < 4.78 is 24.4. The third-order valence-corrected chi connectivity index (χ3v) is 5.71. The van der Waals surface area contributed by atoms with Crippen molar-refractivity contribution in [2.75, 3.05) is 11.9 Å². The first-order chi connectivity index (χ1) is 19.2. The molecule has 2 aliphatic rings. The van der Waals surface area contributed by atoms with E-state index in [2.05, 4.69) is 33.4 Å². The van der Waals surface area contributed by atoms with Crippen LogP contribution in [0.5, 0.6) is 5.75 Å².